The van der Waals surface area contributed by atoms with Crippen LogP contribution in [0.4, 0.5) is 10.8 Å². The zero-order valence-corrected chi connectivity index (χ0v) is 15.4. The molecule has 0 aliphatic heterocycles. The molecule has 0 radical (unpaired) electrons. The monoisotopic (exact) mass is 406 g/mol. The van der Waals surface area contributed by atoms with Crippen LogP contribution in [0.1, 0.15) is 15.9 Å². The van der Waals surface area contributed by atoms with Gasteiger partial charge in [0.05, 0.1) is 15.1 Å². The molecule has 1 aromatic heterocycles. The second-order valence-corrected chi connectivity index (χ2v) is 6.38. The number of nitrogens with one attached hydrogen (secondary N) is 3. The molecular formula is C16H15ClN6O3S. The molecule has 3 aromatic rings. The lowest BCUT2D eigenvalue weighted by Gasteiger charge is -2.06. The summed E-state index contributed by atoms with van der Waals surface area (Å²) >= 11 is 1.17. The molecule has 0 bridgehead atoms. The molecule has 3 rings (SSSR count). The summed E-state index contributed by atoms with van der Waals surface area (Å²) in [6.07, 6.45) is 0. The predicted molar refractivity (Wildman–Crippen MR) is 107 cm³/mol. The largest absolute Gasteiger partial charge is 0.370 e. The topological polar surface area (TPSA) is 147 Å². The van der Waals surface area contributed by atoms with Crippen molar-refractivity contribution in [1.29, 1.82) is 5.41 Å². The van der Waals surface area contributed by atoms with E-state index in [1.165, 1.54) is 23.5 Å². The number of carbonyl (C=O) groups excluding carboxylic acids is 1. The number of non-ortho nitro benzene ring substituents is 1. The van der Waals surface area contributed by atoms with Crippen LogP contribution in [0.25, 0.3) is 10.2 Å². The lowest BCUT2D eigenvalue weighted by Crippen LogP contribution is -2.29. The van der Waals surface area contributed by atoms with E-state index in [9.17, 15) is 14.9 Å². The number of benzene rings is 2. The van der Waals surface area contributed by atoms with Crippen LogP contribution in [-0.4, -0.2) is 21.8 Å². The number of nitrogens with zero attached hydrogens (tertiary/aromatic N) is 2. The molecule has 0 unspecified atom stereocenters. The summed E-state index contributed by atoms with van der Waals surface area (Å²) in [7, 11) is 0. The number of guanidine groups is 1. The normalized spacial score (nSPS) is 10.1. The van der Waals surface area contributed by atoms with Crippen molar-refractivity contribution in [3.05, 3.63) is 63.7 Å². The summed E-state index contributed by atoms with van der Waals surface area (Å²) in [5.74, 6) is -0.494. The molecule has 0 saturated carbocycles. The zero-order chi connectivity index (χ0) is 18.7. The van der Waals surface area contributed by atoms with Crippen molar-refractivity contribution in [2.45, 2.75) is 6.54 Å². The molecule has 27 heavy (non-hydrogen) atoms. The molecule has 0 fully saturated rings. The van der Waals surface area contributed by atoms with Crippen molar-refractivity contribution in [3.8, 4) is 0 Å². The number of nitro groups is 1. The van der Waals surface area contributed by atoms with Gasteiger partial charge in [-0.05, 0) is 23.8 Å². The van der Waals surface area contributed by atoms with Gasteiger partial charge in [-0.3, -0.25) is 25.6 Å². The Bertz CT molecular complexity index is 1020. The van der Waals surface area contributed by atoms with Crippen molar-refractivity contribution in [1.82, 2.24) is 10.3 Å². The summed E-state index contributed by atoms with van der Waals surface area (Å²) < 4.78 is 0.619. The van der Waals surface area contributed by atoms with E-state index in [0.717, 1.165) is 5.56 Å². The lowest BCUT2D eigenvalue weighted by atomic mass is 10.1. The van der Waals surface area contributed by atoms with Crippen LogP contribution in [0, 0.1) is 15.5 Å². The van der Waals surface area contributed by atoms with Gasteiger partial charge in [-0.15, -0.1) is 12.4 Å². The number of aromatic nitrogens is 1. The molecule has 0 atom stereocenters. The molecule has 0 aliphatic rings. The van der Waals surface area contributed by atoms with Gasteiger partial charge in [-0.2, -0.15) is 0 Å². The van der Waals surface area contributed by atoms with Gasteiger partial charge < -0.3 is 11.1 Å². The second kappa shape index (κ2) is 8.43. The van der Waals surface area contributed by atoms with E-state index in [1.54, 1.807) is 24.3 Å². The lowest BCUT2D eigenvalue weighted by molar-refractivity contribution is -0.384. The van der Waals surface area contributed by atoms with E-state index in [2.05, 4.69) is 15.6 Å². The second-order valence-electron chi connectivity index (χ2n) is 5.35. The first-order chi connectivity index (χ1) is 12.4. The highest BCUT2D eigenvalue weighted by molar-refractivity contribution is 7.22. The summed E-state index contributed by atoms with van der Waals surface area (Å²) in [5, 5.41) is 23.7. The number of anilines is 1. The molecule has 2 aromatic carbocycles. The fourth-order valence-corrected chi connectivity index (χ4v) is 3.16. The van der Waals surface area contributed by atoms with Gasteiger partial charge in [0.25, 0.3) is 11.6 Å². The molecule has 0 aliphatic carbocycles. The number of thiazole rings is 1. The minimum Gasteiger partial charge on any atom is -0.370 e. The maximum absolute atomic E-state index is 12.4. The van der Waals surface area contributed by atoms with Crippen LogP contribution in [0.3, 0.4) is 0 Å². The van der Waals surface area contributed by atoms with E-state index in [-0.39, 0.29) is 30.0 Å². The Morgan fingerprint density at radius 1 is 1.30 bits per heavy atom. The number of nitro benzene ring substituents is 1. The highest BCUT2D eigenvalue weighted by Crippen LogP contribution is 2.29. The third-order valence-electron chi connectivity index (χ3n) is 3.48. The summed E-state index contributed by atoms with van der Waals surface area (Å²) in [4.78, 5) is 27.0. The first kappa shape index (κ1) is 20.1. The van der Waals surface area contributed by atoms with Gasteiger partial charge >= 0.3 is 0 Å². The number of hydrogen-bond acceptors (Lipinski definition) is 6. The standard InChI is InChI=1S/C16H14N6O3S.ClH/c17-15(18)19-8-9-2-1-3-10(6-9)14(23)21-16-20-12-5-4-11(22(24)25)7-13(12)26-16;/h1-7H,8H2,(H4,17,18,19)(H,20,21,23);1H. The molecule has 1 amide bonds. The molecule has 11 heteroatoms. The number of amides is 1. The number of hydrogen-bond donors (Lipinski definition) is 4. The first-order valence-corrected chi connectivity index (χ1v) is 8.27. The Morgan fingerprint density at radius 3 is 2.78 bits per heavy atom. The van der Waals surface area contributed by atoms with E-state index in [1.807, 2.05) is 6.07 Å². The molecule has 0 spiro atoms. The average Bonchev–Trinajstić information content (AvgIpc) is 3.01. The minimum absolute atomic E-state index is 0. The molecule has 140 valence electrons. The summed E-state index contributed by atoms with van der Waals surface area (Å²) in [5.41, 5.74) is 7.03. The zero-order valence-electron chi connectivity index (χ0n) is 13.8. The highest BCUT2D eigenvalue weighted by atomic mass is 35.5. The van der Waals surface area contributed by atoms with Gasteiger partial charge in [0, 0.05) is 24.2 Å². The van der Waals surface area contributed by atoms with Crippen LogP contribution in [0.2, 0.25) is 0 Å². The summed E-state index contributed by atoms with van der Waals surface area (Å²) in [6.45, 7) is 0.335. The van der Waals surface area contributed by atoms with Crippen molar-refractivity contribution in [2.24, 2.45) is 5.73 Å². The van der Waals surface area contributed by atoms with Gasteiger partial charge in [0.15, 0.2) is 11.1 Å². The van der Waals surface area contributed by atoms with Gasteiger partial charge in [-0.1, -0.05) is 23.5 Å². The number of carbonyl (C=O) groups is 1. The van der Waals surface area contributed by atoms with Crippen molar-refractivity contribution in [2.75, 3.05) is 5.32 Å². The van der Waals surface area contributed by atoms with Crippen molar-refractivity contribution in [3.63, 3.8) is 0 Å². The minimum atomic E-state index is -0.474. The van der Waals surface area contributed by atoms with Gasteiger partial charge in [-0.25, -0.2) is 4.98 Å². The third kappa shape index (κ3) is 4.90. The maximum atomic E-state index is 12.4. The molecular weight excluding hydrogens is 392 g/mol. The van der Waals surface area contributed by atoms with Crippen molar-refractivity contribution >= 4 is 56.6 Å². The fourth-order valence-electron chi connectivity index (χ4n) is 2.27. The molecule has 1 heterocycles. The van der Waals surface area contributed by atoms with Crippen LogP contribution in [0.15, 0.2) is 42.5 Å². The van der Waals surface area contributed by atoms with Gasteiger partial charge in [0.1, 0.15) is 0 Å². The van der Waals surface area contributed by atoms with Crippen LogP contribution < -0.4 is 16.4 Å². The maximum Gasteiger partial charge on any atom is 0.270 e. The first-order valence-electron chi connectivity index (χ1n) is 7.45. The van der Waals surface area contributed by atoms with E-state index in [0.29, 0.717) is 27.5 Å². The molecule has 0 saturated heterocycles. The van der Waals surface area contributed by atoms with E-state index < -0.39 is 4.92 Å². The average molecular weight is 407 g/mol. The highest BCUT2D eigenvalue weighted by Gasteiger charge is 2.13. The summed E-state index contributed by atoms with van der Waals surface area (Å²) in [6, 6.07) is 11.2. The Labute approximate surface area is 163 Å². The predicted octanol–water partition coefficient (Wildman–Crippen LogP) is 2.86. The number of fused-ring (bicyclic) bond motifs is 1. The smallest absolute Gasteiger partial charge is 0.270 e. The molecule has 9 nitrogen and oxygen atoms in total. The van der Waals surface area contributed by atoms with E-state index in [4.69, 9.17) is 11.1 Å². The number of rotatable bonds is 5. The van der Waals surface area contributed by atoms with Crippen LogP contribution >= 0.6 is 23.7 Å². The van der Waals surface area contributed by atoms with Crippen LogP contribution in [-0.2, 0) is 6.54 Å². The Balaban J connectivity index is 0.00000261. The number of nitrogens with two attached hydrogens (primary N) is 1. The Kier molecular flexibility index (Phi) is 6.27. The SMILES string of the molecule is Cl.N=C(N)NCc1cccc(C(=O)Nc2nc3ccc([N+](=O)[O-])cc3s2)c1. The number of halogens is 1. The van der Waals surface area contributed by atoms with Crippen molar-refractivity contribution < 1.29 is 9.72 Å². The third-order valence-corrected chi connectivity index (χ3v) is 4.41. The Morgan fingerprint density at radius 2 is 2.07 bits per heavy atom. The van der Waals surface area contributed by atoms with Crippen LogP contribution in [0.5, 0.6) is 0 Å². The van der Waals surface area contributed by atoms with Gasteiger partial charge in [0.2, 0.25) is 0 Å². The quantitative estimate of drug-likeness (QED) is 0.221. The Hall–Kier alpha value is -3.24. The fraction of sp³-hybridized carbons (Fsp3) is 0.0625. The molecule has 5 N–H and O–H groups in total. The van der Waals surface area contributed by atoms with E-state index >= 15 is 0 Å².